The highest BCUT2D eigenvalue weighted by Crippen LogP contribution is 2.19. The third kappa shape index (κ3) is 5.06. The minimum Gasteiger partial charge on any atom is -0.389 e. The molecule has 136 valence electrons. The van der Waals surface area contributed by atoms with Crippen LogP contribution in [0.15, 0.2) is 24.3 Å². The summed E-state index contributed by atoms with van der Waals surface area (Å²) in [4.78, 5) is 14.7. The van der Waals surface area contributed by atoms with Crippen LogP contribution in [0.2, 0.25) is 0 Å². The molecule has 1 unspecified atom stereocenters. The van der Waals surface area contributed by atoms with Crippen molar-refractivity contribution in [2.24, 2.45) is 0 Å². The largest absolute Gasteiger partial charge is 0.389 e. The summed E-state index contributed by atoms with van der Waals surface area (Å²) in [5, 5.41) is 21.5. The number of carbonyl (C=O) groups is 1. The zero-order valence-corrected chi connectivity index (χ0v) is 15.0. The third-order valence-corrected chi connectivity index (χ3v) is 3.85. The van der Waals surface area contributed by atoms with Gasteiger partial charge in [0.2, 0.25) is 5.91 Å². The molecule has 0 spiro atoms. The Kier molecular flexibility index (Phi) is 5.84. The van der Waals surface area contributed by atoms with E-state index in [-0.39, 0.29) is 18.3 Å². The van der Waals surface area contributed by atoms with Gasteiger partial charge >= 0.3 is 0 Å². The van der Waals surface area contributed by atoms with Crippen molar-refractivity contribution in [2.45, 2.75) is 45.8 Å². The monoisotopic (exact) mass is 349 g/mol. The smallest absolute Gasteiger partial charge is 0.248 e. The normalized spacial score (nSPS) is 12.9. The maximum atomic E-state index is 13.1. The Labute approximate surface area is 146 Å². The molecule has 1 heterocycles. The van der Waals surface area contributed by atoms with Gasteiger partial charge in [-0.15, -0.1) is 5.10 Å². The highest BCUT2D eigenvalue weighted by atomic mass is 19.1. The van der Waals surface area contributed by atoms with Crippen molar-refractivity contribution in [3.63, 3.8) is 0 Å². The molecule has 0 radical (unpaired) electrons. The van der Waals surface area contributed by atoms with E-state index < -0.39 is 11.6 Å². The first-order valence-electron chi connectivity index (χ1n) is 8.21. The molecule has 25 heavy (non-hydrogen) atoms. The Morgan fingerprint density at radius 3 is 2.48 bits per heavy atom. The quantitative estimate of drug-likeness (QED) is 0.819. The number of aryl methyl sites for hydroxylation is 1. The summed E-state index contributed by atoms with van der Waals surface area (Å²) in [6.07, 6.45) is 0.327. The van der Waals surface area contributed by atoms with Crippen LogP contribution < -0.4 is 0 Å². The van der Waals surface area contributed by atoms with E-state index in [4.69, 9.17) is 0 Å². The third-order valence-electron chi connectivity index (χ3n) is 3.85. The van der Waals surface area contributed by atoms with Crippen molar-refractivity contribution in [1.82, 2.24) is 25.1 Å². The molecule has 1 amide bonds. The number of halogens is 1. The average Bonchev–Trinajstić information content (AvgIpc) is 2.96. The zero-order valence-electron chi connectivity index (χ0n) is 15.0. The van der Waals surface area contributed by atoms with E-state index in [1.165, 1.54) is 16.8 Å². The topological polar surface area (TPSA) is 84.1 Å². The SMILES string of the molecule is CCN(CC(C)(C)O)C(=O)C(Cc1ccc(F)cc1)n1nnnc1C. The number of rotatable bonds is 7. The molecular weight excluding hydrogens is 325 g/mol. The van der Waals surface area contributed by atoms with Crippen molar-refractivity contribution in [3.8, 4) is 0 Å². The predicted molar refractivity (Wildman–Crippen MR) is 90.2 cm³/mol. The van der Waals surface area contributed by atoms with Crippen molar-refractivity contribution >= 4 is 5.91 Å². The lowest BCUT2D eigenvalue weighted by Crippen LogP contribution is -2.45. The standard InChI is InChI=1S/C17H24FN5O2/c1-5-22(11-17(3,4)25)16(24)15(23-12(2)19-20-21-23)10-13-6-8-14(18)9-7-13/h6-9,15,25H,5,10-11H2,1-4H3. The zero-order chi connectivity index (χ0) is 18.6. The molecule has 7 nitrogen and oxygen atoms in total. The number of aromatic nitrogens is 4. The highest BCUT2D eigenvalue weighted by Gasteiger charge is 2.30. The second kappa shape index (κ2) is 7.69. The van der Waals surface area contributed by atoms with Gasteiger partial charge in [-0.1, -0.05) is 12.1 Å². The van der Waals surface area contributed by atoms with Crippen molar-refractivity contribution in [1.29, 1.82) is 0 Å². The summed E-state index contributed by atoms with van der Waals surface area (Å²) in [6.45, 7) is 7.52. The average molecular weight is 349 g/mol. The molecule has 8 heteroatoms. The minimum absolute atomic E-state index is 0.190. The van der Waals surface area contributed by atoms with Gasteiger partial charge < -0.3 is 10.0 Å². The lowest BCUT2D eigenvalue weighted by molar-refractivity contribution is -0.138. The summed E-state index contributed by atoms with van der Waals surface area (Å²) in [7, 11) is 0. The van der Waals surface area contributed by atoms with Gasteiger partial charge in [0.15, 0.2) is 0 Å². The van der Waals surface area contributed by atoms with Gasteiger partial charge in [0.05, 0.1) is 5.60 Å². The predicted octanol–water partition coefficient (Wildman–Crippen LogP) is 1.52. The van der Waals surface area contributed by atoms with E-state index in [9.17, 15) is 14.3 Å². The number of hydrogen-bond acceptors (Lipinski definition) is 5. The van der Waals surface area contributed by atoms with E-state index in [1.54, 1.807) is 37.8 Å². The summed E-state index contributed by atoms with van der Waals surface area (Å²) in [5.74, 6) is -0.00781. The van der Waals surface area contributed by atoms with E-state index in [1.807, 2.05) is 6.92 Å². The van der Waals surface area contributed by atoms with Crippen molar-refractivity contribution < 1.29 is 14.3 Å². The molecule has 1 aromatic carbocycles. The van der Waals surface area contributed by atoms with Crippen LogP contribution in [0.3, 0.4) is 0 Å². The van der Waals surface area contributed by atoms with Gasteiger partial charge in [0.1, 0.15) is 17.7 Å². The molecule has 0 fully saturated rings. The van der Waals surface area contributed by atoms with Gasteiger partial charge in [0, 0.05) is 19.5 Å². The maximum Gasteiger partial charge on any atom is 0.248 e. The van der Waals surface area contributed by atoms with Gasteiger partial charge in [-0.3, -0.25) is 4.79 Å². The molecule has 0 saturated carbocycles. The van der Waals surface area contributed by atoms with Crippen LogP contribution in [-0.2, 0) is 11.2 Å². The lowest BCUT2D eigenvalue weighted by Gasteiger charge is -2.31. The molecular formula is C17H24FN5O2. The number of aliphatic hydroxyl groups is 1. The van der Waals surface area contributed by atoms with Crippen LogP contribution in [0.25, 0.3) is 0 Å². The molecule has 0 saturated heterocycles. The fourth-order valence-electron chi connectivity index (χ4n) is 2.67. The van der Waals surface area contributed by atoms with Gasteiger partial charge in [-0.2, -0.15) is 0 Å². The van der Waals surface area contributed by atoms with Gasteiger partial charge in [0.25, 0.3) is 0 Å². The van der Waals surface area contributed by atoms with Gasteiger partial charge in [-0.05, 0) is 55.8 Å². The molecule has 1 atom stereocenters. The van der Waals surface area contributed by atoms with Crippen LogP contribution in [0.5, 0.6) is 0 Å². The van der Waals surface area contributed by atoms with Crippen LogP contribution >= 0.6 is 0 Å². The van der Waals surface area contributed by atoms with Crippen LogP contribution in [0.4, 0.5) is 4.39 Å². The second-order valence-electron chi connectivity index (χ2n) is 6.68. The number of nitrogens with zero attached hydrogens (tertiary/aromatic N) is 5. The Bertz CT molecular complexity index is 709. The minimum atomic E-state index is -1.01. The first kappa shape index (κ1) is 19.0. The number of hydrogen-bond donors (Lipinski definition) is 1. The highest BCUT2D eigenvalue weighted by molar-refractivity contribution is 5.80. The number of likely N-dealkylation sites (N-methyl/N-ethyl adjacent to an activating group) is 1. The van der Waals surface area contributed by atoms with E-state index in [0.29, 0.717) is 18.8 Å². The fraction of sp³-hybridized carbons (Fsp3) is 0.529. The summed E-state index contributed by atoms with van der Waals surface area (Å²) >= 11 is 0. The number of tetrazole rings is 1. The Balaban J connectivity index is 2.32. The Morgan fingerprint density at radius 1 is 1.36 bits per heavy atom. The lowest BCUT2D eigenvalue weighted by atomic mass is 10.0. The van der Waals surface area contributed by atoms with Crippen molar-refractivity contribution in [3.05, 3.63) is 41.5 Å². The molecule has 0 aliphatic carbocycles. The van der Waals surface area contributed by atoms with E-state index >= 15 is 0 Å². The number of benzene rings is 1. The van der Waals surface area contributed by atoms with Gasteiger partial charge in [-0.25, -0.2) is 9.07 Å². The molecule has 2 aromatic rings. The summed E-state index contributed by atoms with van der Waals surface area (Å²) in [5.41, 5.74) is -0.212. The second-order valence-corrected chi connectivity index (χ2v) is 6.68. The van der Waals surface area contributed by atoms with Crippen LogP contribution in [0, 0.1) is 12.7 Å². The number of amides is 1. The van der Waals surface area contributed by atoms with Crippen LogP contribution in [0.1, 0.15) is 38.2 Å². The summed E-state index contributed by atoms with van der Waals surface area (Å²) in [6, 6.07) is 5.33. The van der Waals surface area contributed by atoms with Crippen LogP contribution in [-0.4, -0.2) is 54.8 Å². The molecule has 0 aliphatic heterocycles. The number of carbonyl (C=O) groups excluding carboxylic acids is 1. The molecule has 0 aliphatic rings. The summed E-state index contributed by atoms with van der Waals surface area (Å²) < 4.78 is 14.6. The molecule has 1 N–H and O–H groups in total. The molecule has 2 rings (SSSR count). The molecule has 0 bridgehead atoms. The molecule has 1 aromatic heterocycles. The van der Waals surface area contributed by atoms with E-state index in [0.717, 1.165) is 5.56 Å². The first-order chi connectivity index (χ1) is 11.7. The maximum absolute atomic E-state index is 13.1. The van der Waals surface area contributed by atoms with Crippen molar-refractivity contribution in [2.75, 3.05) is 13.1 Å². The Morgan fingerprint density at radius 2 is 2.00 bits per heavy atom. The first-order valence-corrected chi connectivity index (χ1v) is 8.21. The fourth-order valence-corrected chi connectivity index (χ4v) is 2.67. The Hall–Kier alpha value is -2.35. The van der Waals surface area contributed by atoms with E-state index in [2.05, 4.69) is 15.5 Å².